The van der Waals surface area contributed by atoms with Crippen LogP contribution in [0.4, 0.5) is 0 Å². The molecule has 0 fully saturated rings. The molecule has 6 nitrogen and oxygen atoms in total. The maximum absolute atomic E-state index is 12.3. The first-order valence-electron chi connectivity index (χ1n) is 11.4. The van der Waals surface area contributed by atoms with E-state index in [1.165, 1.54) is 6.21 Å². The first-order chi connectivity index (χ1) is 18.0. The molecule has 0 aromatic heterocycles. The minimum absolute atomic E-state index is 0.301. The molecule has 0 atom stereocenters. The summed E-state index contributed by atoms with van der Waals surface area (Å²) in [6.45, 7) is 0.748. The standard InChI is InChI=1S/C29H24BrClN2O4/c1-35-28-15-21(7-13-27(28)37-18-20-5-3-2-4-6-20)19-36-26-14-10-24(30)16-23(26)17-32-33-29(34)22-8-11-25(31)12-9-22/h2-17H,18-19H2,1H3,(H,33,34)/b32-17+. The van der Waals surface area contributed by atoms with Crippen LogP contribution in [0.3, 0.4) is 0 Å². The SMILES string of the molecule is COc1cc(COc2ccc(Br)cc2/C=N/NC(=O)c2ccc(Cl)cc2)ccc1OCc1ccccc1. The van der Waals surface area contributed by atoms with E-state index in [1.54, 1.807) is 31.4 Å². The predicted molar refractivity (Wildman–Crippen MR) is 149 cm³/mol. The number of nitrogens with zero attached hydrogens (tertiary/aromatic N) is 1. The second kappa shape index (κ2) is 12.9. The van der Waals surface area contributed by atoms with Gasteiger partial charge in [0.05, 0.1) is 13.3 Å². The zero-order valence-corrected chi connectivity index (χ0v) is 22.3. The van der Waals surface area contributed by atoms with Gasteiger partial charge in [-0.3, -0.25) is 4.79 Å². The molecule has 0 aliphatic heterocycles. The van der Waals surface area contributed by atoms with Crippen LogP contribution in [0.15, 0.2) is 101 Å². The molecule has 188 valence electrons. The molecule has 8 heteroatoms. The second-order valence-electron chi connectivity index (χ2n) is 7.94. The van der Waals surface area contributed by atoms with E-state index >= 15 is 0 Å². The number of amides is 1. The minimum atomic E-state index is -0.341. The number of carbonyl (C=O) groups is 1. The zero-order chi connectivity index (χ0) is 26.0. The highest BCUT2D eigenvalue weighted by Crippen LogP contribution is 2.30. The largest absolute Gasteiger partial charge is 0.493 e. The van der Waals surface area contributed by atoms with Crippen LogP contribution in [0.1, 0.15) is 27.0 Å². The monoisotopic (exact) mass is 578 g/mol. The van der Waals surface area contributed by atoms with Gasteiger partial charge in [-0.25, -0.2) is 5.43 Å². The lowest BCUT2D eigenvalue weighted by molar-refractivity contribution is 0.0955. The fourth-order valence-electron chi connectivity index (χ4n) is 3.40. The molecule has 1 amide bonds. The van der Waals surface area contributed by atoms with Gasteiger partial charge in [-0.15, -0.1) is 0 Å². The Kier molecular flexibility index (Phi) is 9.18. The number of methoxy groups -OCH3 is 1. The Hall–Kier alpha value is -3.81. The molecule has 0 unspecified atom stereocenters. The van der Waals surface area contributed by atoms with Gasteiger partial charge in [-0.05, 0) is 65.7 Å². The molecule has 1 N–H and O–H groups in total. The highest BCUT2D eigenvalue weighted by Gasteiger charge is 2.09. The van der Waals surface area contributed by atoms with Crippen LogP contribution in [-0.4, -0.2) is 19.2 Å². The van der Waals surface area contributed by atoms with Crippen LogP contribution >= 0.6 is 27.5 Å². The normalized spacial score (nSPS) is 10.8. The van der Waals surface area contributed by atoms with Crippen LogP contribution in [-0.2, 0) is 13.2 Å². The van der Waals surface area contributed by atoms with Crippen molar-refractivity contribution < 1.29 is 19.0 Å². The summed E-state index contributed by atoms with van der Waals surface area (Å²) in [6, 6.07) is 27.8. The number of benzene rings is 4. The van der Waals surface area contributed by atoms with Gasteiger partial charge in [0.2, 0.25) is 0 Å². The number of rotatable bonds is 10. The minimum Gasteiger partial charge on any atom is -0.493 e. The number of halogens is 2. The van der Waals surface area contributed by atoms with Crippen molar-refractivity contribution in [3.05, 3.63) is 123 Å². The molecule has 0 aliphatic carbocycles. The van der Waals surface area contributed by atoms with Crippen LogP contribution in [0, 0.1) is 0 Å². The smallest absolute Gasteiger partial charge is 0.271 e. The molecule has 4 rings (SSSR count). The average molecular weight is 580 g/mol. The fourth-order valence-corrected chi connectivity index (χ4v) is 3.90. The molecule has 0 radical (unpaired) electrons. The molecule has 0 saturated carbocycles. The summed E-state index contributed by atoms with van der Waals surface area (Å²) in [5, 5.41) is 4.64. The number of hydrazone groups is 1. The third kappa shape index (κ3) is 7.59. The van der Waals surface area contributed by atoms with Crippen molar-refractivity contribution in [2.45, 2.75) is 13.2 Å². The maximum atomic E-state index is 12.3. The molecule has 4 aromatic rings. The topological polar surface area (TPSA) is 69.2 Å². The fraction of sp³-hybridized carbons (Fsp3) is 0.103. The van der Waals surface area contributed by atoms with E-state index in [1.807, 2.05) is 66.7 Å². The first kappa shape index (κ1) is 26.3. The van der Waals surface area contributed by atoms with Gasteiger partial charge in [-0.1, -0.05) is 63.9 Å². The van der Waals surface area contributed by atoms with Gasteiger partial charge in [0.25, 0.3) is 5.91 Å². The number of ether oxygens (including phenoxy) is 3. The van der Waals surface area contributed by atoms with E-state index in [9.17, 15) is 4.79 Å². The van der Waals surface area contributed by atoms with Crippen LogP contribution in [0.5, 0.6) is 17.2 Å². The summed E-state index contributed by atoms with van der Waals surface area (Å²) in [6.07, 6.45) is 1.54. The van der Waals surface area contributed by atoms with E-state index in [4.69, 9.17) is 25.8 Å². The van der Waals surface area contributed by atoms with Crippen LogP contribution in [0.25, 0.3) is 0 Å². The van der Waals surface area contributed by atoms with Gasteiger partial charge in [-0.2, -0.15) is 5.10 Å². The van der Waals surface area contributed by atoms with Crippen molar-refractivity contribution in [1.82, 2.24) is 5.43 Å². The van der Waals surface area contributed by atoms with E-state index in [0.717, 1.165) is 15.6 Å². The van der Waals surface area contributed by atoms with Gasteiger partial charge >= 0.3 is 0 Å². The Morgan fingerprint density at radius 2 is 1.57 bits per heavy atom. The number of hydrogen-bond donors (Lipinski definition) is 1. The van der Waals surface area contributed by atoms with Crippen molar-refractivity contribution in [3.63, 3.8) is 0 Å². The van der Waals surface area contributed by atoms with E-state index < -0.39 is 0 Å². The van der Waals surface area contributed by atoms with Gasteiger partial charge in [0.15, 0.2) is 11.5 Å². The highest BCUT2D eigenvalue weighted by atomic mass is 79.9. The Balaban J connectivity index is 1.40. The molecule has 4 aromatic carbocycles. The first-order valence-corrected chi connectivity index (χ1v) is 12.5. The van der Waals surface area contributed by atoms with Crippen molar-refractivity contribution in [3.8, 4) is 17.2 Å². The number of hydrogen-bond acceptors (Lipinski definition) is 5. The predicted octanol–water partition coefficient (Wildman–Crippen LogP) is 7.03. The van der Waals surface area contributed by atoms with Gasteiger partial charge in [0, 0.05) is 20.6 Å². The Morgan fingerprint density at radius 1 is 0.865 bits per heavy atom. The molecular formula is C29H24BrClN2O4. The Morgan fingerprint density at radius 3 is 2.32 bits per heavy atom. The molecule has 0 aliphatic rings. The average Bonchev–Trinajstić information content (AvgIpc) is 2.92. The van der Waals surface area contributed by atoms with Crippen LogP contribution in [0.2, 0.25) is 5.02 Å². The van der Waals surface area contributed by atoms with Crippen molar-refractivity contribution in [2.24, 2.45) is 5.10 Å². The lowest BCUT2D eigenvalue weighted by atomic mass is 10.2. The van der Waals surface area contributed by atoms with Gasteiger partial charge in [0.1, 0.15) is 19.0 Å². The number of nitrogens with one attached hydrogen (secondary N) is 1. The lowest BCUT2D eigenvalue weighted by Gasteiger charge is -2.14. The molecule has 37 heavy (non-hydrogen) atoms. The summed E-state index contributed by atoms with van der Waals surface area (Å²) >= 11 is 9.34. The molecule has 0 bridgehead atoms. The Bertz CT molecular complexity index is 1380. The van der Waals surface area contributed by atoms with Crippen molar-refractivity contribution in [1.29, 1.82) is 0 Å². The number of carbonyl (C=O) groups excluding carboxylic acids is 1. The molecule has 0 heterocycles. The summed E-state index contributed by atoms with van der Waals surface area (Å²) in [4.78, 5) is 12.3. The molecule has 0 saturated heterocycles. The maximum Gasteiger partial charge on any atom is 0.271 e. The third-order valence-electron chi connectivity index (χ3n) is 5.31. The molecule has 0 spiro atoms. The quantitative estimate of drug-likeness (QED) is 0.162. The summed E-state index contributed by atoms with van der Waals surface area (Å²) < 4.78 is 18.4. The van der Waals surface area contributed by atoms with Crippen molar-refractivity contribution >= 4 is 39.7 Å². The highest BCUT2D eigenvalue weighted by molar-refractivity contribution is 9.10. The Labute approximate surface area is 229 Å². The van der Waals surface area contributed by atoms with Gasteiger partial charge < -0.3 is 14.2 Å². The van der Waals surface area contributed by atoms with E-state index in [0.29, 0.717) is 46.6 Å². The molecular weight excluding hydrogens is 556 g/mol. The summed E-state index contributed by atoms with van der Waals surface area (Å²) in [5.41, 5.74) is 5.65. The zero-order valence-electron chi connectivity index (χ0n) is 20.0. The second-order valence-corrected chi connectivity index (χ2v) is 9.29. The summed E-state index contributed by atoms with van der Waals surface area (Å²) in [5.74, 6) is 1.55. The third-order valence-corrected chi connectivity index (χ3v) is 6.05. The van der Waals surface area contributed by atoms with E-state index in [2.05, 4.69) is 26.5 Å². The summed E-state index contributed by atoms with van der Waals surface area (Å²) in [7, 11) is 1.61. The van der Waals surface area contributed by atoms with Crippen molar-refractivity contribution in [2.75, 3.05) is 7.11 Å². The van der Waals surface area contributed by atoms with E-state index in [-0.39, 0.29) is 5.91 Å². The van der Waals surface area contributed by atoms with Crippen LogP contribution < -0.4 is 19.6 Å². The lowest BCUT2D eigenvalue weighted by Crippen LogP contribution is -2.17.